The number of nitrogens with one attached hydrogen (secondary N) is 2. The molecule has 2 amide bonds. The van der Waals surface area contributed by atoms with E-state index in [4.69, 9.17) is 4.42 Å². The molecule has 0 fully saturated rings. The van der Waals surface area contributed by atoms with Crippen LogP contribution < -0.4 is 10.6 Å². The van der Waals surface area contributed by atoms with Gasteiger partial charge in [-0.25, -0.2) is 9.78 Å². The second-order valence-electron chi connectivity index (χ2n) is 5.98. The van der Waals surface area contributed by atoms with Gasteiger partial charge in [-0.15, -0.1) is 0 Å². The van der Waals surface area contributed by atoms with Crippen LogP contribution in [0, 0.1) is 6.92 Å². The number of urea groups is 1. The number of hydrogen-bond donors (Lipinski definition) is 2. The maximum atomic E-state index is 12.3. The topological polar surface area (TPSA) is 67.2 Å². The van der Waals surface area contributed by atoms with Crippen molar-refractivity contribution in [3.05, 3.63) is 78.4 Å². The first-order valence-corrected chi connectivity index (χ1v) is 8.29. The van der Waals surface area contributed by atoms with Crippen LogP contribution >= 0.6 is 0 Å². The minimum Gasteiger partial charge on any atom is -0.436 e. The lowest BCUT2D eigenvalue weighted by molar-refractivity contribution is 0.262. The highest BCUT2D eigenvalue weighted by molar-refractivity contribution is 6.02. The number of benzene rings is 3. The van der Waals surface area contributed by atoms with Crippen molar-refractivity contribution in [2.24, 2.45) is 0 Å². The highest BCUT2D eigenvalue weighted by Crippen LogP contribution is 2.30. The van der Waals surface area contributed by atoms with Gasteiger partial charge in [-0.1, -0.05) is 36.4 Å². The lowest BCUT2D eigenvalue weighted by atomic mass is 10.2. The molecule has 0 radical (unpaired) electrons. The summed E-state index contributed by atoms with van der Waals surface area (Å²) in [7, 11) is 0. The molecule has 0 spiro atoms. The number of para-hydroxylation sites is 2. The number of aryl methyl sites for hydroxylation is 1. The van der Waals surface area contributed by atoms with Gasteiger partial charge in [-0.2, -0.15) is 0 Å². The third-order valence-electron chi connectivity index (χ3n) is 3.98. The Labute approximate surface area is 150 Å². The van der Waals surface area contributed by atoms with E-state index in [-0.39, 0.29) is 6.03 Å². The van der Waals surface area contributed by atoms with Crippen LogP contribution in [0.2, 0.25) is 0 Å². The second kappa shape index (κ2) is 6.72. The Balaban J connectivity index is 1.62. The van der Waals surface area contributed by atoms with Gasteiger partial charge in [0.25, 0.3) is 0 Å². The number of rotatable bonds is 3. The van der Waals surface area contributed by atoms with E-state index in [0.717, 1.165) is 22.3 Å². The van der Waals surface area contributed by atoms with Crippen LogP contribution in [0.15, 0.2) is 77.2 Å². The van der Waals surface area contributed by atoms with Crippen molar-refractivity contribution < 1.29 is 9.21 Å². The number of fused-ring (bicyclic) bond motifs is 1. The van der Waals surface area contributed by atoms with Crippen molar-refractivity contribution >= 4 is 28.5 Å². The van der Waals surface area contributed by atoms with Gasteiger partial charge >= 0.3 is 6.03 Å². The Morgan fingerprint density at radius 3 is 2.54 bits per heavy atom. The quantitative estimate of drug-likeness (QED) is 0.520. The number of anilines is 2. The second-order valence-corrected chi connectivity index (χ2v) is 5.98. The largest absolute Gasteiger partial charge is 0.436 e. The fourth-order valence-corrected chi connectivity index (χ4v) is 2.74. The van der Waals surface area contributed by atoms with Crippen molar-refractivity contribution in [3.8, 4) is 11.5 Å². The van der Waals surface area contributed by atoms with Crippen molar-refractivity contribution in [3.63, 3.8) is 0 Å². The summed E-state index contributed by atoms with van der Waals surface area (Å²) >= 11 is 0. The fraction of sp³-hybridized carbons (Fsp3) is 0.0476. The van der Waals surface area contributed by atoms with E-state index in [9.17, 15) is 4.79 Å². The molecule has 0 saturated heterocycles. The summed E-state index contributed by atoms with van der Waals surface area (Å²) in [6.45, 7) is 2.01. The molecule has 128 valence electrons. The molecule has 1 heterocycles. The maximum absolute atomic E-state index is 12.3. The normalized spacial score (nSPS) is 10.7. The molecule has 2 N–H and O–H groups in total. The van der Waals surface area contributed by atoms with Gasteiger partial charge < -0.3 is 15.1 Å². The molecule has 0 bridgehead atoms. The van der Waals surface area contributed by atoms with Crippen molar-refractivity contribution in [2.45, 2.75) is 6.92 Å². The molecule has 1 aromatic heterocycles. The minimum atomic E-state index is -0.324. The van der Waals surface area contributed by atoms with Crippen LogP contribution in [0.1, 0.15) is 5.56 Å². The zero-order chi connectivity index (χ0) is 17.9. The van der Waals surface area contributed by atoms with Crippen LogP contribution in [0.4, 0.5) is 16.2 Å². The lowest BCUT2D eigenvalue weighted by Crippen LogP contribution is -2.19. The molecule has 0 saturated carbocycles. The van der Waals surface area contributed by atoms with E-state index in [2.05, 4.69) is 15.6 Å². The van der Waals surface area contributed by atoms with Crippen LogP contribution in [0.5, 0.6) is 0 Å². The van der Waals surface area contributed by atoms with Crippen molar-refractivity contribution in [2.75, 3.05) is 10.6 Å². The monoisotopic (exact) mass is 343 g/mol. The molecule has 0 aliphatic heterocycles. The van der Waals surface area contributed by atoms with E-state index < -0.39 is 0 Å². The first-order valence-electron chi connectivity index (χ1n) is 8.29. The Bertz CT molecular complexity index is 1070. The predicted molar refractivity (Wildman–Crippen MR) is 103 cm³/mol. The Morgan fingerprint density at radius 1 is 0.923 bits per heavy atom. The number of amides is 2. The van der Waals surface area contributed by atoms with Gasteiger partial charge in [0, 0.05) is 5.69 Å². The average molecular weight is 343 g/mol. The van der Waals surface area contributed by atoms with Gasteiger partial charge in [0.2, 0.25) is 5.89 Å². The first kappa shape index (κ1) is 15.9. The summed E-state index contributed by atoms with van der Waals surface area (Å²) in [5, 5.41) is 5.67. The number of aromatic nitrogens is 1. The third-order valence-corrected chi connectivity index (χ3v) is 3.98. The number of carbonyl (C=O) groups excluding carboxylic acids is 1. The molecule has 4 aromatic rings. The molecule has 5 heteroatoms. The van der Waals surface area contributed by atoms with Crippen molar-refractivity contribution in [1.82, 2.24) is 4.98 Å². The number of hydrogen-bond acceptors (Lipinski definition) is 3. The van der Waals surface area contributed by atoms with E-state index >= 15 is 0 Å². The highest BCUT2D eigenvalue weighted by atomic mass is 16.3. The van der Waals surface area contributed by atoms with Gasteiger partial charge in [-0.05, 0) is 48.9 Å². The molecule has 5 nitrogen and oxygen atoms in total. The fourth-order valence-electron chi connectivity index (χ4n) is 2.74. The van der Waals surface area contributed by atoms with Gasteiger partial charge in [0.1, 0.15) is 5.52 Å². The predicted octanol–water partition coefficient (Wildman–Crippen LogP) is 5.45. The minimum absolute atomic E-state index is 0.324. The zero-order valence-electron chi connectivity index (χ0n) is 14.2. The number of nitrogens with zero attached hydrogens (tertiary/aromatic N) is 1. The molecular weight excluding hydrogens is 326 g/mol. The SMILES string of the molecule is Cc1ccc2oc(-c3ccccc3NC(=O)Nc3ccccc3)nc2c1. The summed E-state index contributed by atoms with van der Waals surface area (Å²) in [6, 6.07) is 22.2. The maximum Gasteiger partial charge on any atom is 0.323 e. The summed E-state index contributed by atoms with van der Waals surface area (Å²) in [5.74, 6) is 0.473. The lowest BCUT2D eigenvalue weighted by Gasteiger charge is -2.10. The third kappa shape index (κ3) is 3.28. The first-order chi connectivity index (χ1) is 12.7. The summed E-state index contributed by atoms with van der Waals surface area (Å²) in [5.41, 5.74) is 4.71. The summed E-state index contributed by atoms with van der Waals surface area (Å²) in [6.07, 6.45) is 0. The van der Waals surface area contributed by atoms with E-state index in [1.807, 2.05) is 79.7 Å². The van der Waals surface area contributed by atoms with E-state index in [0.29, 0.717) is 17.2 Å². The number of oxazole rings is 1. The van der Waals surface area contributed by atoms with Crippen LogP contribution in [0.3, 0.4) is 0 Å². The molecular formula is C21H17N3O2. The molecule has 4 rings (SSSR count). The number of carbonyl (C=O) groups is 1. The van der Waals surface area contributed by atoms with Crippen LogP contribution in [-0.2, 0) is 0 Å². The van der Waals surface area contributed by atoms with E-state index in [1.165, 1.54) is 0 Å². The van der Waals surface area contributed by atoms with Gasteiger partial charge in [0.15, 0.2) is 5.58 Å². The van der Waals surface area contributed by atoms with Gasteiger partial charge in [0.05, 0.1) is 11.3 Å². The smallest absolute Gasteiger partial charge is 0.323 e. The van der Waals surface area contributed by atoms with Gasteiger partial charge in [-0.3, -0.25) is 0 Å². The molecule has 3 aromatic carbocycles. The molecule has 0 aliphatic carbocycles. The Morgan fingerprint density at radius 2 is 1.69 bits per heavy atom. The molecule has 0 aliphatic rings. The Hall–Kier alpha value is -3.60. The summed E-state index contributed by atoms with van der Waals surface area (Å²) < 4.78 is 5.87. The average Bonchev–Trinajstić information content (AvgIpc) is 3.06. The standard InChI is InChI=1S/C21H17N3O2/c1-14-11-12-19-18(13-14)23-20(26-19)16-9-5-6-10-17(16)24-21(25)22-15-7-3-2-4-8-15/h2-13H,1H3,(H2,22,24,25). The zero-order valence-corrected chi connectivity index (χ0v) is 14.2. The Kier molecular flexibility index (Phi) is 4.11. The van der Waals surface area contributed by atoms with Crippen molar-refractivity contribution in [1.29, 1.82) is 0 Å². The molecule has 0 atom stereocenters. The van der Waals surface area contributed by atoms with E-state index in [1.54, 1.807) is 0 Å². The van der Waals surface area contributed by atoms with Crippen LogP contribution in [-0.4, -0.2) is 11.0 Å². The highest BCUT2D eigenvalue weighted by Gasteiger charge is 2.14. The van der Waals surface area contributed by atoms with Crippen LogP contribution in [0.25, 0.3) is 22.6 Å². The molecule has 0 unspecified atom stereocenters. The molecule has 26 heavy (non-hydrogen) atoms. The summed E-state index contributed by atoms with van der Waals surface area (Å²) in [4.78, 5) is 16.9.